The number of nitrogens with zero attached hydrogens (tertiary/aromatic N) is 2. The second kappa shape index (κ2) is 6.22. The summed E-state index contributed by atoms with van der Waals surface area (Å²) in [5.74, 6) is 1.52. The molecule has 0 saturated carbocycles. The van der Waals surface area contributed by atoms with Crippen molar-refractivity contribution < 1.29 is 14.3 Å². The summed E-state index contributed by atoms with van der Waals surface area (Å²) in [6.07, 6.45) is 0.756. The first-order valence-electron chi connectivity index (χ1n) is 7.50. The molecular weight excluding hydrogens is 300 g/mol. The Morgan fingerprint density at radius 3 is 3.09 bits per heavy atom. The molecule has 3 rings (SSSR count). The van der Waals surface area contributed by atoms with Gasteiger partial charge in [-0.2, -0.15) is 0 Å². The summed E-state index contributed by atoms with van der Waals surface area (Å²) in [6, 6.07) is 3.90. The molecule has 5 nitrogen and oxygen atoms in total. The third kappa shape index (κ3) is 3.08. The van der Waals surface area contributed by atoms with E-state index in [2.05, 4.69) is 4.98 Å². The van der Waals surface area contributed by atoms with Crippen molar-refractivity contribution in [3.63, 3.8) is 0 Å². The van der Waals surface area contributed by atoms with Crippen LogP contribution in [0.3, 0.4) is 0 Å². The molecule has 0 aromatic carbocycles. The van der Waals surface area contributed by atoms with E-state index in [1.54, 1.807) is 18.3 Å². The second-order valence-corrected chi connectivity index (χ2v) is 6.75. The van der Waals surface area contributed by atoms with Crippen LogP contribution in [0.4, 0.5) is 0 Å². The molecule has 2 aromatic heterocycles. The highest BCUT2D eigenvalue weighted by Gasteiger charge is 2.29. The maximum atomic E-state index is 12.4. The molecule has 1 aliphatic rings. The largest absolute Gasteiger partial charge is 0.440 e. The molecule has 1 amide bonds. The Hall–Kier alpha value is -1.66. The monoisotopic (exact) mass is 320 g/mol. The first-order chi connectivity index (χ1) is 10.5. The molecule has 1 aliphatic heterocycles. The molecule has 3 heterocycles. The maximum Gasteiger partial charge on any atom is 0.236 e. The van der Waals surface area contributed by atoms with E-state index < -0.39 is 0 Å². The molecule has 2 aromatic rings. The number of thiophene rings is 1. The molecule has 0 aliphatic carbocycles. The number of likely N-dealkylation sites (tertiary alicyclic amines) is 1. The van der Waals surface area contributed by atoms with Crippen molar-refractivity contribution >= 4 is 17.2 Å². The first-order valence-corrected chi connectivity index (χ1v) is 8.38. The van der Waals surface area contributed by atoms with Crippen LogP contribution in [-0.4, -0.2) is 40.1 Å². The van der Waals surface area contributed by atoms with Crippen LogP contribution in [0, 0.1) is 12.8 Å². The van der Waals surface area contributed by atoms with Gasteiger partial charge in [0.05, 0.1) is 23.1 Å². The SMILES string of the molecule is Cc1oc(-c2cccs2)nc1CC(=O)N1CCC(C(C)O)C1. The highest BCUT2D eigenvalue weighted by atomic mass is 32.1. The molecule has 1 saturated heterocycles. The molecule has 22 heavy (non-hydrogen) atoms. The summed E-state index contributed by atoms with van der Waals surface area (Å²) in [7, 11) is 0. The number of aryl methyl sites for hydroxylation is 1. The van der Waals surface area contributed by atoms with Gasteiger partial charge in [-0.05, 0) is 31.7 Å². The lowest BCUT2D eigenvalue weighted by Crippen LogP contribution is -2.31. The molecule has 1 N–H and O–H groups in total. The predicted molar refractivity (Wildman–Crippen MR) is 84.6 cm³/mol. The lowest BCUT2D eigenvalue weighted by atomic mass is 10.0. The highest BCUT2D eigenvalue weighted by Crippen LogP contribution is 2.27. The van der Waals surface area contributed by atoms with Gasteiger partial charge in [-0.3, -0.25) is 4.79 Å². The lowest BCUT2D eigenvalue weighted by molar-refractivity contribution is -0.129. The van der Waals surface area contributed by atoms with Crippen LogP contribution in [0.5, 0.6) is 0 Å². The lowest BCUT2D eigenvalue weighted by Gasteiger charge is -2.17. The number of aromatic nitrogens is 1. The third-order valence-corrected chi connectivity index (χ3v) is 5.06. The average Bonchev–Trinajstić information content (AvgIpc) is 3.18. The predicted octanol–water partition coefficient (Wildman–Crippen LogP) is 2.48. The van der Waals surface area contributed by atoms with Crippen LogP contribution < -0.4 is 0 Å². The fourth-order valence-corrected chi connectivity index (χ4v) is 3.41. The summed E-state index contributed by atoms with van der Waals surface area (Å²) in [5.41, 5.74) is 0.703. The van der Waals surface area contributed by atoms with Gasteiger partial charge in [0.1, 0.15) is 5.76 Å². The minimum absolute atomic E-state index is 0.0530. The second-order valence-electron chi connectivity index (χ2n) is 5.81. The van der Waals surface area contributed by atoms with Crippen molar-refractivity contribution in [3.8, 4) is 10.8 Å². The van der Waals surface area contributed by atoms with E-state index in [4.69, 9.17) is 4.42 Å². The molecule has 2 atom stereocenters. The van der Waals surface area contributed by atoms with Gasteiger partial charge in [0.25, 0.3) is 0 Å². The quantitative estimate of drug-likeness (QED) is 0.940. The molecule has 0 bridgehead atoms. The fraction of sp³-hybridized carbons (Fsp3) is 0.500. The van der Waals surface area contributed by atoms with Crippen molar-refractivity contribution in [2.45, 2.75) is 32.8 Å². The van der Waals surface area contributed by atoms with Gasteiger partial charge in [-0.15, -0.1) is 11.3 Å². The summed E-state index contributed by atoms with van der Waals surface area (Å²) in [4.78, 5) is 19.6. The number of rotatable bonds is 4. The maximum absolute atomic E-state index is 12.4. The Bertz CT molecular complexity index is 648. The zero-order valence-corrected chi connectivity index (χ0v) is 13.6. The minimum atomic E-state index is -0.364. The Labute approximate surface area is 133 Å². The number of hydrogen-bond acceptors (Lipinski definition) is 5. The number of carbonyl (C=O) groups is 1. The average molecular weight is 320 g/mol. The number of aliphatic hydroxyl groups excluding tert-OH is 1. The van der Waals surface area contributed by atoms with Crippen LogP contribution in [0.2, 0.25) is 0 Å². The van der Waals surface area contributed by atoms with Gasteiger partial charge >= 0.3 is 0 Å². The Morgan fingerprint density at radius 2 is 2.45 bits per heavy atom. The third-order valence-electron chi connectivity index (χ3n) is 4.20. The van der Waals surface area contributed by atoms with E-state index in [9.17, 15) is 9.90 Å². The van der Waals surface area contributed by atoms with E-state index in [1.807, 2.05) is 29.3 Å². The molecule has 6 heteroatoms. The highest BCUT2D eigenvalue weighted by molar-refractivity contribution is 7.13. The van der Waals surface area contributed by atoms with Crippen molar-refractivity contribution in [2.75, 3.05) is 13.1 Å². The van der Waals surface area contributed by atoms with Crippen LogP contribution in [0.25, 0.3) is 10.8 Å². The van der Waals surface area contributed by atoms with Crippen LogP contribution in [-0.2, 0) is 11.2 Å². The minimum Gasteiger partial charge on any atom is -0.440 e. The van der Waals surface area contributed by atoms with Crippen LogP contribution in [0.15, 0.2) is 21.9 Å². The number of amides is 1. The Kier molecular flexibility index (Phi) is 4.31. The van der Waals surface area contributed by atoms with Gasteiger partial charge in [0.15, 0.2) is 0 Å². The molecular formula is C16H20N2O3S. The van der Waals surface area contributed by atoms with E-state index in [-0.39, 0.29) is 24.3 Å². The number of aliphatic hydroxyl groups is 1. The van der Waals surface area contributed by atoms with Crippen molar-refractivity contribution in [1.82, 2.24) is 9.88 Å². The van der Waals surface area contributed by atoms with Gasteiger partial charge in [-0.25, -0.2) is 4.98 Å². The molecule has 118 valence electrons. The summed E-state index contributed by atoms with van der Waals surface area (Å²) in [5, 5.41) is 11.6. The zero-order chi connectivity index (χ0) is 15.7. The molecule has 1 fully saturated rings. The van der Waals surface area contributed by atoms with Crippen molar-refractivity contribution in [1.29, 1.82) is 0 Å². The zero-order valence-electron chi connectivity index (χ0n) is 12.8. The molecule has 2 unspecified atom stereocenters. The Balaban J connectivity index is 1.67. The molecule has 0 radical (unpaired) electrons. The number of oxazole rings is 1. The van der Waals surface area contributed by atoms with Gasteiger partial charge in [-0.1, -0.05) is 6.07 Å². The summed E-state index contributed by atoms with van der Waals surface area (Å²) < 4.78 is 5.67. The van der Waals surface area contributed by atoms with Crippen molar-refractivity contribution in [3.05, 3.63) is 29.0 Å². The van der Waals surface area contributed by atoms with Gasteiger partial charge < -0.3 is 14.4 Å². The number of hydrogen-bond donors (Lipinski definition) is 1. The van der Waals surface area contributed by atoms with E-state index in [0.717, 1.165) is 11.3 Å². The number of carbonyl (C=O) groups excluding carboxylic acids is 1. The molecule has 0 spiro atoms. The summed E-state index contributed by atoms with van der Waals surface area (Å²) >= 11 is 1.57. The van der Waals surface area contributed by atoms with Gasteiger partial charge in [0.2, 0.25) is 11.8 Å². The van der Waals surface area contributed by atoms with Crippen LogP contribution in [0.1, 0.15) is 24.8 Å². The van der Waals surface area contributed by atoms with Gasteiger partial charge in [0, 0.05) is 19.0 Å². The summed E-state index contributed by atoms with van der Waals surface area (Å²) in [6.45, 7) is 4.97. The van der Waals surface area contributed by atoms with E-state index in [0.29, 0.717) is 30.4 Å². The van der Waals surface area contributed by atoms with Crippen molar-refractivity contribution in [2.24, 2.45) is 5.92 Å². The van der Waals surface area contributed by atoms with E-state index >= 15 is 0 Å². The first kappa shape index (κ1) is 15.2. The van der Waals surface area contributed by atoms with E-state index in [1.165, 1.54) is 0 Å². The van der Waals surface area contributed by atoms with Crippen LogP contribution >= 0.6 is 11.3 Å². The standard InChI is InChI=1S/C16H20N2O3S/c1-10(19)12-5-6-18(9-12)15(20)8-13-11(2)21-16(17-13)14-4-3-7-22-14/h3-4,7,10,12,19H,5-6,8-9H2,1-2H3. The fourth-order valence-electron chi connectivity index (χ4n) is 2.76. The Morgan fingerprint density at radius 1 is 1.64 bits per heavy atom. The smallest absolute Gasteiger partial charge is 0.236 e. The normalized spacial score (nSPS) is 19.6. The topological polar surface area (TPSA) is 66.6 Å².